The summed E-state index contributed by atoms with van der Waals surface area (Å²) >= 11 is 5.73. The van der Waals surface area contributed by atoms with E-state index in [0.717, 1.165) is 5.56 Å². The monoisotopic (exact) mass is 278 g/mol. The van der Waals surface area contributed by atoms with E-state index < -0.39 is 0 Å². The van der Waals surface area contributed by atoms with Gasteiger partial charge in [0.1, 0.15) is 5.75 Å². The van der Waals surface area contributed by atoms with E-state index >= 15 is 0 Å². The number of nitrogens with zero attached hydrogens (tertiary/aromatic N) is 1. The normalized spacial score (nSPS) is 10.6. The van der Waals surface area contributed by atoms with Crippen molar-refractivity contribution in [3.05, 3.63) is 53.4 Å². The molecule has 0 aliphatic rings. The zero-order valence-corrected chi connectivity index (χ0v) is 10.6. The first-order chi connectivity index (χ1) is 9.24. The van der Waals surface area contributed by atoms with Gasteiger partial charge in [0.2, 0.25) is 0 Å². The summed E-state index contributed by atoms with van der Waals surface area (Å²) in [5, 5.41) is 4.37. The van der Waals surface area contributed by atoms with Crippen LogP contribution in [0.4, 0.5) is 0 Å². The standard InChI is InChI=1S/C13H11ClN2O3/c14-11-1-3-12(4-2-11)19-9-13(17)16-15-7-10-5-6-18-8-10/h1-8H,9H2,(H,16,17)/b15-7+. The minimum Gasteiger partial charge on any atom is -0.484 e. The number of benzene rings is 1. The third-order valence-electron chi connectivity index (χ3n) is 2.13. The third-order valence-corrected chi connectivity index (χ3v) is 2.38. The fourth-order valence-corrected chi connectivity index (χ4v) is 1.37. The highest BCUT2D eigenvalue weighted by atomic mass is 35.5. The Morgan fingerprint density at radius 3 is 2.84 bits per heavy atom. The second-order valence-corrected chi connectivity index (χ2v) is 4.03. The maximum atomic E-state index is 11.4. The molecular weight excluding hydrogens is 268 g/mol. The van der Waals surface area contributed by atoms with Crippen LogP contribution in [-0.2, 0) is 4.79 Å². The van der Waals surface area contributed by atoms with Gasteiger partial charge in [-0.15, -0.1) is 0 Å². The second-order valence-electron chi connectivity index (χ2n) is 3.59. The molecular formula is C13H11ClN2O3. The topological polar surface area (TPSA) is 63.8 Å². The van der Waals surface area contributed by atoms with Crippen LogP contribution in [-0.4, -0.2) is 18.7 Å². The molecule has 5 nitrogen and oxygen atoms in total. The molecule has 98 valence electrons. The smallest absolute Gasteiger partial charge is 0.277 e. The Kier molecular flexibility index (Phi) is 4.58. The number of carbonyl (C=O) groups is 1. The van der Waals surface area contributed by atoms with Gasteiger partial charge in [-0.1, -0.05) is 11.6 Å². The molecule has 0 aliphatic carbocycles. The first-order valence-corrected chi connectivity index (χ1v) is 5.84. The van der Waals surface area contributed by atoms with Crippen molar-refractivity contribution in [2.24, 2.45) is 5.10 Å². The van der Waals surface area contributed by atoms with Crippen molar-refractivity contribution in [1.82, 2.24) is 5.43 Å². The molecule has 0 saturated carbocycles. The Labute approximate surface area is 114 Å². The Balaban J connectivity index is 1.74. The van der Waals surface area contributed by atoms with Crippen molar-refractivity contribution in [1.29, 1.82) is 0 Å². The first-order valence-electron chi connectivity index (χ1n) is 5.46. The number of furan rings is 1. The van der Waals surface area contributed by atoms with Crippen LogP contribution in [0.15, 0.2) is 52.4 Å². The fraction of sp³-hybridized carbons (Fsp3) is 0.0769. The summed E-state index contributed by atoms with van der Waals surface area (Å²) < 4.78 is 10.1. The van der Waals surface area contributed by atoms with Gasteiger partial charge < -0.3 is 9.15 Å². The number of ether oxygens (including phenoxy) is 1. The molecule has 0 radical (unpaired) electrons. The van der Waals surface area contributed by atoms with Crippen molar-refractivity contribution in [3.8, 4) is 5.75 Å². The van der Waals surface area contributed by atoms with Crippen LogP contribution < -0.4 is 10.2 Å². The van der Waals surface area contributed by atoms with E-state index in [1.54, 1.807) is 30.3 Å². The summed E-state index contributed by atoms with van der Waals surface area (Å²) in [6.07, 6.45) is 4.51. The van der Waals surface area contributed by atoms with Gasteiger partial charge in [-0.3, -0.25) is 4.79 Å². The Hall–Kier alpha value is -2.27. The van der Waals surface area contributed by atoms with Crippen molar-refractivity contribution < 1.29 is 13.9 Å². The quantitative estimate of drug-likeness (QED) is 0.675. The van der Waals surface area contributed by atoms with Gasteiger partial charge in [-0.05, 0) is 30.3 Å². The van der Waals surface area contributed by atoms with Crippen molar-refractivity contribution in [3.63, 3.8) is 0 Å². The highest BCUT2D eigenvalue weighted by Gasteiger charge is 2.01. The molecule has 1 aromatic carbocycles. The summed E-state index contributed by atoms with van der Waals surface area (Å²) in [5.74, 6) is 0.216. The Morgan fingerprint density at radius 1 is 1.37 bits per heavy atom. The molecule has 0 aliphatic heterocycles. The molecule has 1 N–H and O–H groups in total. The molecule has 0 fully saturated rings. The van der Waals surface area contributed by atoms with E-state index in [4.69, 9.17) is 20.8 Å². The van der Waals surface area contributed by atoms with Gasteiger partial charge in [-0.2, -0.15) is 5.10 Å². The van der Waals surface area contributed by atoms with Crippen LogP contribution in [0.2, 0.25) is 5.02 Å². The average Bonchev–Trinajstić information content (AvgIpc) is 2.91. The van der Waals surface area contributed by atoms with Gasteiger partial charge in [0, 0.05) is 10.6 Å². The van der Waals surface area contributed by atoms with E-state index in [1.165, 1.54) is 18.7 Å². The SMILES string of the molecule is O=C(COc1ccc(Cl)cc1)N/N=C/c1ccoc1. The molecule has 0 atom stereocenters. The molecule has 2 rings (SSSR count). The Morgan fingerprint density at radius 2 is 2.16 bits per heavy atom. The highest BCUT2D eigenvalue weighted by molar-refractivity contribution is 6.30. The molecule has 0 bridgehead atoms. The molecule has 1 aromatic heterocycles. The lowest BCUT2D eigenvalue weighted by Gasteiger charge is -2.04. The maximum absolute atomic E-state index is 11.4. The summed E-state index contributed by atoms with van der Waals surface area (Å²) in [6, 6.07) is 8.46. The van der Waals surface area contributed by atoms with E-state index in [1.807, 2.05) is 0 Å². The number of carbonyl (C=O) groups excluding carboxylic acids is 1. The number of rotatable bonds is 5. The zero-order valence-electron chi connectivity index (χ0n) is 9.88. The molecule has 0 saturated heterocycles. The fourth-order valence-electron chi connectivity index (χ4n) is 1.24. The molecule has 0 unspecified atom stereocenters. The van der Waals surface area contributed by atoms with Crippen LogP contribution >= 0.6 is 11.6 Å². The van der Waals surface area contributed by atoms with Gasteiger partial charge >= 0.3 is 0 Å². The van der Waals surface area contributed by atoms with Crippen LogP contribution in [0.3, 0.4) is 0 Å². The number of hydrazone groups is 1. The predicted molar refractivity (Wildman–Crippen MR) is 71.4 cm³/mol. The third kappa shape index (κ3) is 4.48. The lowest BCUT2D eigenvalue weighted by molar-refractivity contribution is -0.123. The Bertz CT molecular complexity index is 550. The van der Waals surface area contributed by atoms with Crippen molar-refractivity contribution in [2.45, 2.75) is 0 Å². The average molecular weight is 279 g/mol. The minimum absolute atomic E-state index is 0.121. The second kappa shape index (κ2) is 6.61. The van der Waals surface area contributed by atoms with E-state index in [0.29, 0.717) is 10.8 Å². The molecule has 2 aromatic rings. The van der Waals surface area contributed by atoms with Crippen LogP contribution in [0, 0.1) is 0 Å². The summed E-state index contributed by atoms with van der Waals surface area (Å²) in [7, 11) is 0. The van der Waals surface area contributed by atoms with Crippen LogP contribution in [0.25, 0.3) is 0 Å². The van der Waals surface area contributed by atoms with Gasteiger partial charge in [0.05, 0.1) is 18.7 Å². The number of halogens is 1. The molecule has 19 heavy (non-hydrogen) atoms. The first kappa shape index (κ1) is 13.2. The van der Waals surface area contributed by atoms with E-state index in [2.05, 4.69) is 10.5 Å². The number of hydrogen-bond acceptors (Lipinski definition) is 4. The van der Waals surface area contributed by atoms with Gasteiger partial charge in [0.15, 0.2) is 6.61 Å². The lowest BCUT2D eigenvalue weighted by Crippen LogP contribution is -2.24. The van der Waals surface area contributed by atoms with Gasteiger partial charge in [-0.25, -0.2) is 5.43 Å². The maximum Gasteiger partial charge on any atom is 0.277 e. The van der Waals surface area contributed by atoms with E-state index in [9.17, 15) is 4.79 Å². The number of amides is 1. The number of hydrogen-bond donors (Lipinski definition) is 1. The zero-order chi connectivity index (χ0) is 13.5. The molecule has 6 heteroatoms. The predicted octanol–water partition coefficient (Wildman–Crippen LogP) is 2.46. The summed E-state index contributed by atoms with van der Waals surface area (Å²) in [6.45, 7) is -0.121. The number of nitrogens with one attached hydrogen (secondary N) is 1. The molecule has 1 heterocycles. The molecule has 1 amide bonds. The van der Waals surface area contributed by atoms with Crippen molar-refractivity contribution >= 4 is 23.7 Å². The summed E-state index contributed by atoms with van der Waals surface area (Å²) in [5.41, 5.74) is 3.10. The highest BCUT2D eigenvalue weighted by Crippen LogP contribution is 2.15. The minimum atomic E-state index is -0.352. The van der Waals surface area contributed by atoms with E-state index in [-0.39, 0.29) is 12.5 Å². The van der Waals surface area contributed by atoms with Crippen molar-refractivity contribution in [2.75, 3.05) is 6.61 Å². The molecule has 0 spiro atoms. The lowest BCUT2D eigenvalue weighted by atomic mass is 10.3. The van der Waals surface area contributed by atoms with Crippen LogP contribution in [0.1, 0.15) is 5.56 Å². The van der Waals surface area contributed by atoms with Gasteiger partial charge in [0.25, 0.3) is 5.91 Å². The van der Waals surface area contributed by atoms with Crippen LogP contribution in [0.5, 0.6) is 5.75 Å². The summed E-state index contributed by atoms with van der Waals surface area (Å²) in [4.78, 5) is 11.4. The largest absolute Gasteiger partial charge is 0.484 e.